The molecule has 0 N–H and O–H groups in total. The van der Waals surface area contributed by atoms with Gasteiger partial charge in [0.2, 0.25) is 0 Å². The SMILES string of the molecule is C[C@H]1[C@H](/C=C/c2ccc(-c3ccccc3C#N)cn2)c2nsnc2C[C@@H]1C. The number of hydrogen-bond donors (Lipinski definition) is 0. The van der Waals surface area contributed by atoms with Crippen LogP contribution >= 0.6 is 11.7 Å². The van der Waals surface area contributed by atoms with E-state index in [2.05, 4.69) is 45.8 Å². The van der Waals surface area contributed by atoms with E-state index < -0.39 is 0 Å². The van der Waals surface area contributed by atoms with Crippen molar-refractivity contribution in [3.63, 3.8) is 0 Å². The predicted molar refractivity (Wildman–Crippen MR) is 108 cm³/mol. The Morgan fingerprint density at radius 2 is 2.00 bits per heavy atom. The molecule has 1 aliphatic carbocycles. The van der Waals surface area contributed by atoms with Gasteiger partial charge in [-0.25, -0.2) is 0 Å². The van der Waals surface area contributed by atoms with Gasteiger partial charge in [-0.2, -0.15) is 14.0 Å². The first kappa shape index (κ1) is 17.6. The maximum Gasteiger partial charge on any atom is 0.0998 e. The monoisotopic (exact) mass is 372 g/mol. The van der Waals surface area contributed by atoms with Gasteiger partial charge >= 0.3 is 0 Å². The van der Waals surface area contributed by atoms with Crippen molar-refractivity contribution < 1.29 is 0 Å². The lowest BCUT2D eigenvalue weighted by atomic mass is 9.74. The molecule has 4 nitrogen and oxygen atoms in total. The Morgan fingerprint density at radius 1 is 1.15 bits per heavy atom. The van der Waals surface area contributed by atoms with E-state index in [1.165, 1.54) is 11.7 Å². The lowest BCUT2D eigenvalue weighted by Gasteiger charge is -2.30. The standard InChI is InChI=1S/C22H20N4S/c1-14-11-21-22(26-27-25-21)19(15(14)2)10-9-18-8-7-17(13-24-18)20-6-4-3-5-16(20)12-23/h3-10,13-15,19H,11H2,1-2H3/b10-9+/t14-,15+,19-/m0/s1. The van der Waals surface area contributed by atoms with E-state index in [0.29, 0.717) is 17.4 Å². The number of rotatable bonds is 3. The molecule has 2 heterocycles. The molecular formula is C22H20N4S. The van der Waals surface area contributed by atoms with E-state index >= 15 is 0 Å². The third-order valence-electron chi connectivity index (χ3n) is 5.50. The molecule has 134 valence electrons. The third-order valence-corrected chi connectivity index (χ3v) is 6.08. The molecule has 0 bridgehead atoms. The predicted octanol–water partition coefficient (Wildman–Crippen LogP) is 5.10. The van der Waals surface area contributed by atoms with Crippen molar-refractivity contribution in [3.8, 4) is 17.2 Å². The molecule has 1 aromatic carbocycles. The van der Waals surface area contributed by atoms with Crippen molar-refractivity contribution in [2.75, 3.05) is 0 Å². The second-order valence-electron chi connectivity index (χ2n) is 7.15. The molecule has 3 aromatic rings. The summed E-state index contributed by atoms with van der Waals surface area (Å²) in [6.45, 7) is 4.57. The van der Waals surface area contributed by atoms with E-state index in [1.807, 2.05) is 42.6 Å². The van der Waals surface area contributed by atoms with E-state index in [9.17, 15) is 5.26 Å². The summed E-state index contributed by atoms with van der Waals surface area (Å²) in [6, 6.07) is 13.8. The Labute approximate surface area is 163 Å². The first-order valence-electron chi connectivity index (χ1n) is 9.12. The fraction of sp³-hybridized carbons (Fsp3) is 0.273. The van der Waals surface area contributed by atoms with Gasteiger partial charge in [-0.1, -0.05) is 44.2 Å². The molecule has 0 radical (unpaired) electrons. The molecule has 0 aliphatic heterocycles. The molecule has 0 spiro atoms. The number of allylic oxidation sites excluding steroid dienone is 1. The van der Waals surface area contributed by atoms with Gasteiger partial charge in [-0.05, 0) is 36.5 Å². The number of hydrogen-bond acceptors (Lipinski definition) is 5. The van der Waals surface area contributed by atoms with Gasteiger partial charge in [-0.3, -0.25) is 4.98 Å². The first-order valence-corrected chi connectivity index (χ1v) is 9.85. The van der Waals surface area contributed by atoms with Gasteiger partial charge in [0, 0.05) is 23.2 Å². The van der Waals surface area contributed by atoms with Crippen molar-refractivity contribution in [3.05, 3.63) is 71.3 Å². The molecule has 0 saturated carbocycles. The third kappa shape index (κ3) is 3.41. The fourth-order valence-corrected chi connectivity index (χ4v) is 4.29. The average molecular weight is 372 g/mol. The molecule has 0 saturated heterocycles. The molecule has 0 unspecified atom stereocenters. The minimum absolute atomic E-state index is 0.281. The average Bonchev–Trinajstić information content (AvgIpc) is 3.16. The second kappa shape index (κ2) is 7.42. The maximum atomic E-state index is 9.28. The van der Waals surface area contributed by atoms with Crippen LogP contribution in [0.25, 0.3) is 17.2 Å². The highest BCUT2D eigenvalue weighted by atomic mass is 32.1. The molecule has 5 heteroatoms. The zero-order valence-electron chi connectivity index (χ0n) is 15.3. The minimum atomic E-state index is 0.281. The summed E-state index contributed by atoms with van der Waals surface area (Å²) < 4.78 is 9.00. The normalized spacial score (nSPS) is 21.7. The Bertz CT molecular complexity index is 1010. The zero-order chi connectivity index (χ0) is 18.8. The van der Waals surface area contributed by atoms with Crippen LogP contribution in [0.1, 0.15) is 42.4 Å². The summed E-state index contributed by atoms with van der Waals surface area (Å²) in [5.74, 6) is 1.40. The van der Waals surface area contributed by atoms with Gasteiger partial charge in [0.25, 0.3) is 0 Å². The fourth-order valence-electron chi connectivity index (χ4n) is 3.67. The van der Waals surface area contributed by atoms with E-state index in [0.717, 1.165) is 34.6 Å². The van der Waals surface area contributed by atoms with Crippen LogP contribution < -0.4 is 0 Å². The first-order chi connectivity index (χ1) is 13.2. The highest BCUT2D eigenvalue weighted by molar-refractivity contribution is 6.99. The largest absolute Gasteiger partial charge is 0.256 e. The van der Waals surface area contributed by atoms with Crippen LogP contribution in [-0.4, -0.2) is 13.7 Å². The number of nitriles is 1. The van der Waals surface area contributed by atoms with Gasteiger partial charge < -0.3 is 0 Å². The summed E-state index contributed by atoms with van der Waals surface area (Å²) in [6.07, 6.45) is 7.13. The smallest absolute Gasteiger partial charge is 0.0998 e. The number of fused-ring (bicyclic) bond motifs is 1. The highest BCUT2D eigenvalue weighted by Gasteiger charge is 2.32. The van der Waals surface area contributed by atoms with Crippen molar-refractivity contribution in [2.45, 2.75) is 26.2 Å². The Morgan fingerprint density at radius 3 is 2.78 bits per heavy atom. The summed E-state index contributed by atoms with van der Waals surface area (Å²) >= 11 is 1.31. The Hall–Kier alpha value is -2.84. The molecule has 3 atom stereocenters. The number of aromatic nitrogens is 3. The summed E-state index contributed by atoms with van der Waals surface area (Å²) in [5, 5.41) is 9.28. The number of benzene rings is 1. The maximum absolute atomic E-state index is 9.28. The number of pyridine rings is 1. The van der Waals surface area contributed by atoms with E-state index in [-0.39, 0.29) is 5.92 Å². The number of nitrogens with zero attached hydrogens (tertiary/aromatic N) is 4. The van der Waals surface area contributed by atoms with Crippen LogP contribution in [0.4, 0.5) is 0 Å². The van der Waals surface area contributed by atoms with Crippen molar-refractivity contribution in [1.82, 2.24) is 13.7 Å². The molecular weight excluding hydrogens is 352 g/mol. The van der Waals surface area contributed by atoms with Gasteiger partial charge in [0.1, 0.15) is 0 Å². The molecule has 0 fully saturated rings. The molecule has 4 rings (SSSR count). The van der Waals surface area contributed by atoms with Crippen LogP contribution in [0.2, 0.25) is 0 Å². The van der Waals surface area contributed by atoms with Crippen LogP contribution in [0.15, 0.2) is 48.7 Å². The van der Waals surface area contributed by atoms with Crippen molar-refractivity contribution in [1.29, 1.82) is 5.26 Å². The van der Waals surface area contributed by atoms with Gasteiger partial charge in [-0.15, -0.1) is 0 Å². The zero-order valence-corrected chi connectivity index (χ0v) is 16.1. The highest BCUT2D eigenvalue weighted by Crippen LogP contribution is 2.39. The van der Waals surface area contributed by atoms with Crippen LogP contribution in [0, 0.1) is 23.2 Å². The lowest BCUT2D eigenvalue weighted by Crippen LogP contribution is -2.24. The Kier molecular flexibility index (Phi) is 4.83. The van der Waals surface area contributed by atoms with E-state index in [4.69, 9.17) is 0 Å². The molecule has 27 heavy (non-hydrogen) atoms. The summed E-state index contributed by atoms with van der Waals surface area (Å²) in [7, 11) is 0. The topological polar surface area (TPSA) is 62.5 Å². The molecule has 1 aliphatic rings. The van der Waals surface area contributed by atoms with Crippen molar-refractivity contribution in [2.24, 2.45) is 11.8 Å². The van der Waals surface area contributed by atoms with Gasteiger partial charge in [0.05, 0.1) is 40.4 Å². The molecule has 0 amide bonds. The minimum Gasteiger partial charge on any atom is -0.256 e. The lowest BCUT2D eigenvalue weighted by molar-refractivity contribution is 0.326. The van der Waals surface area contributed by atoms with Crippen molar-refractivity contribution >= 4 is 17.8 Å². The molecule has 2 aromatic heterocycles. The summed E-state index contributed by atoms with van der Waals surface area (Å²) in [4.78, 5) is 4.57. The van der Waals surface area contributed by atoms with Crippen LogP contribution in [-0.2, 0) is 6.42 Å². The second-order valence-corrected chi connectivity index (χ2v) is 7.68. The van der Waals surface area contributed by atoms with E-state index in [1.54, 1.807) is 0 Å². The quantitative estimate of drug-likeness (QED) is 0.642. The van der Waals surface area contributed by atoms with Crippen LogP contribution in [0.3, 0.4) is 0 Å². The van der Waals surface area contributed by atoms with Gasteiger partial charge in [0.15, 0.2) is 0 Å². The van der Waals surface area contributed by atoms with Crippen LogP contribution in [0.5, 0.6) is 0 Å². The Balaban J connectivity index is 1.58. The summed E-state index contributed by atoms with van der Waals surface area (Å²) in [5.41, 5.74) is 5.71.